The Morgan fingerprint density at radius 2 is 1.89 bits per heavy atom. The molecule has 1 aliphatic carbocycles. The van der Waals surface area contributed by atoms with Crippen LogP contribution in [0.25, 0.3) is 0 Å². The van der Waals surface area contributed by atoms with E-state index in [0.29, 0.717) is 4.75 Å². The van der Waals surface area contributed by atoms with Gasteiger partial charge in [-0.15, -0.1) is 0 Å². The minimum atomic E-state index is 0.496. The summed E-state index contributed by atoms with van der Waals surface area (Å²) in [7, 11) is 0. The molecule has 0 unspecified atom stereocenters. The van der Waals surface area contributed by atoms with Crippen molar-refractivity contribution >= 4 is 11.8 Å². The van der Waals surface area contributed by atoms with Crippen LogP contribution in [-0.4, -0.2) is 47.1 Å². The van der Waals surface area contributed by atoms with Crippen LogP contribution >= 0.6 is 11.8 Å². The van der Waals surface area contributed by atoms with Crippen molar-refractivity contribution in [3.8, 4) is 0 Å². The van der Waals surface area contributed by atoms with Gasteiger partial charge >= 0.3 is 0 Å². The standard InChI is InChI=1S/C15H30N2S/c1-4-16-13-5-7-14(8-6-13)17-10-9-15(2,3)18-12-11-17/h13-14,16H,4-12H2,1-3H3. The summed E-state index contributed by atoms with van der Waals surface area (Å²) in [6.07, 6.45) is 6.92. The van der Waals surface area contributed by atoms with Gasteiger partial charge in [0, 0.05) is 29.1 Å². The first-order valence-electron chi connectivity index (χ1n) is 7.72. The zero-order valence-electron chi connectivity index (χ0n) is 12.4. The molecule has 0 aromatic heterocycles. The molecule has 18 heavy (non-hydrogen) atoms. The Morgan fingerprint density at radius 1 is 1.17 bits per heavy atom. The normalized spacial score (nSPS) is 34.2. The van der Waals surface area contributed by atoms with Crippen LogP contribution in [0.15, 0.2) is 0 Å². The Bertz CT molecular complexity index is 247. The highest BCUT2D eigenvalue weighted by Crippen LogP contribution is 2.33. The number of thioether (sulfide) groups is 1. The smallest absolute Gasteiger partial charge is 0.0116 e. The molecule has 1 N–H and O–H groups in total. The first kappa shape index (κ1) is 14.7. The maximum absolute atomic E-state index is 3.61. The van der Waals surface area contributed by atoms with Gasteiger partial charge in [-0.2, -0.15) is 11.8 Å². The molecule has 2 rings (SSSR count). The van der Waals surface area contributed by atoms with Crippen molar-refractivity contribution in [3.63, 3.8) is 0 Å². The Kier molecular flexibility index (Phi) is 5.40. The second-order valence-corrected chi connectivity index (χ2v) is 8.26. The van der Waals surface area contributed by atoms with E-state index in [9.17, 15) is 0 Å². The van der Waals surface area contributed by atoms with E-state index in [-0.39, 0.29) is 0 Å². The van der Waals surface area contributed by atoms with Gasteiger partial charge in [0.25, 0.3) is 0 Å². The van der Waals surface area contributed by atoms with Crippen LogP contribution in [0.1, 0.15) is 52.9 Å². The summed E-state index contributed by atoms with van der Waals surface area (Å²) in [5.41, 5.74) is 0. The van der Waals surface area contributed by atoms with Crippen LogP contribution in [0.5, 0.6) is 0 Å². The van der Waals surface area contributed by atoms with Crippen molar-refractivity contribution in [1.82, 2.24) is 10.2 Å². The number of nitrogens with zero attached hydrogens (tertiary/aromatic N) is 1. The van der Waals surface area contributed by atoms with Crippen LogP contribution in [-0.2, 0) is 0 Å². The van der Waals surface area contributed by atoms with Gasteiger partial charge in [-0.1, -0.05) is 20.8 Å². The van der Waals surface area contributed by atoms with Gasteiger partial charge in [-0.05, 0) is 45.2 Å². The summed E-state index contributed by atoms with van der Waals surface area (Å²) < 4.78 is 0.496. The second-order valence-electron chi connectivity index (χ2n) is 6.46. The van der Waals surface area contributed by atoms with Crippen molar-refractivity contribution < 1.29 is 0 Å². The van der Waals surface area contributed by atoms with E-state index in [1.807, 2.05) is 0 Å². The molecule has 0 atom stereocenters. The van der Waals surface area contributed by atoms with E-state index in [1.54, 1.807) is 0 Å². The lowest BCUT2D eigenvalue weighted by atomic mass is 9.90. The Morgan fingerprint density at radius 3 is 2.56 bits per heavy atom. The fourth-order valence-electron chi connectivity index (χ4n) is 3.33. The highest BCUT2D eigenvalue weighted by molar-refractivity contribution is 8.00. The molecule has 3 heteroatoms. The lowest BCUT2D eigenvalue weighted by Gasteiger charge is -2.36. The molecule has 1 aliphatic heterocycles. The van der Waals surface area contributed by atoms with Gasteiger partial charge < -0.3 is 5.32 Å². The third-order valence-corrected chi connectivity index (χ3v) is 5.95. The zero-order chi connectivity index (χ0) is 13.0. The minimum Gasteiger partial charge on any atom is -0.314 e. The predicted molar refractivity (Wildman–Crippen MR) is 82.4 cm³/mol. The molecule has 106 valence electrons. The first-order valence-corrected chi connectivity index (χ1v) is 8.70. The van der Waals surface area contributed by atoms with E-state index < -0.39 is 0 Å². The molecule has 2 nitrogen and oxygen atoms in total. The zero-order valence-corrected chi connectivity index (χ0v) is 13.2. The Balaban J connectivity index is 1.79. The second kappa shape index (κ2) is 6.62. The van der Waals surface area contributed by atoms with Crippen molar-refractivity contribution in [3.05, 3.63) is 0 Å². The maximum Gasteiger partial charge on any atom is 0.0116 e. The monoisotopic (exact) mass is 270 g/mol. The van der Waals surface area contributed by atoms with Gasteiger partial charge in [-0.25, -0.2) is 0 Å². The lowest BCUT2D eigenvalue weighted by molar-refractivity contribution is 0.150. The topological polar surface area (TPSA) is 15.3 Å². The predicted octanol–water partition coefficient (Wildman–Crippen LogP) is 3.12. The van der Waals surface area contributed by atoms with Crippen LogP contribution in [0.4, 0.5) is 0 Å². The van der Waals surface area contributed by atoms with Gasteiger partial charge in [0.2, 0.25) is 0 Å². The number of nitrogens with one attached hydrogen (secondary N) is 1. The van der Waals surface area contributed by atoms with Gasteiger partial charge in [0.15, 0.2) is 0 Å². The molecule has 0 amide bonds. The van der Waals surface area contributed by atoms with E-state index in [2.05, 4.69) is 42.7 Å². The highest BCUT2D eigenvalue weighted by Gasteiger charge is 2.29. The van der Waals surface area contributed by atoms with Gasteiger partial charge in [-0.3, -0.25) is 4.90 Å². The van der Waals surface area contributed by atoms with Crippen LogP contribution < -0.4 is 5.32 Å². The molecule has 1 heterocycles. The summed E-state index contributed by atoms with van der Waals surface area (Å²) in [6, 6.07) is 1.67. The molecule has 2 aliphatic rings. The molecule has 0 radical (unpaired) electrons. The third kappa shape index (κ3) is 4.14. The summed E-state index contributed by atoms with van der Waals surface area (Å²) in [5.74, 6) is 1.32. The van der Waals surface area contributed by atoms with E-state index in [1.165, 1.54) is 50.9 Å². The van der Waals surface area contributed by atoms with Crippen molar-refractivity contribution in [1.29, 1.82) is 0 Å². The number of hydrogen-bond acceptors (Lipinski definition) is 3. The van der Waals surface area contributed by atoms with Crippen molar-refractivity contribution in [2.45, 2.75) is 69.7 Å². The Labute approximate surface area is 117 Å². The number of hydrogen-bond donors (Lipinski definition) is 1. The van der Waals surface area contributed by atoms with E-state index >= 15 is 0 Å². The maximum atomic E-state index is 3.61. The molecule has 0 aromatic rings. The molecular weight excluding hydrogens is 240 g/mol. The molecule has 0 aromatic carbocycles. The van der Waals surface area contributed by atoms with E-state index in [0.717, 1.165) is 18.6 Å². The summed E-state index contributed by atoms with van der Waals surface area (Å²) in [5, 5.41) is 3.61. The summed E-state index contributed by atoms with van der Waals surface area (Å²) in [4.78, 5) is 2.78. The molecule has 2 fully saturated rings. The van der Waals surface area contributed by atoms with Crippen LogP contribution in [0.2, 0.25) is 0 Å². The third-order valence-electron chi connectivity index (χ3n) is 4.58. The number of rotatable bonds is 3. The first-order chi connectivity index (χ1) is 8.61. The highest BCUT2D eigenvalue weighted by atomic mass is 32.2. The van der Waals surface area contributed by atoms with E-state index in [4.69, 9.17) is 0 Å². The minimum absolute atomic E-state index is 0.496. The largest absolute Gasteiger partial charge is 0.314 e. The summed E-state index contributed by atoms with van der Waals surface area (Å²) >= 11 is 2.16. The van der Waals surface area contributed by atoms with Crippen molar-refractivity contribution in [2.75, 3.05) is 25.4 Å². The molecule has 1 saturated carbocycles. The van der Waals surface area contributed by atoms with Gasteiger partial charge in [0.05, 0.1) is 0 Å². The quantitative estimate of drug-likeness (QED) is 0.848. The fourth-order valence-corrected chi connectivity index (χ4v) is 4.45. The average molecular weight is 270 g/mol. The van der Waals surface area contributed by atoms with Crippen molar-refractivity contribution in [2.24, 2.45) is 0 Å². The molecule has 1 saturated heterocycles. The summed E-state index contributed by atoms with van der Waals surface area (Å²) in [6.45, 7) is 10.8. The molecule has 0 spiro atoms. The fraction of sp³-hybridized carbons (Fsp3) is 1.00. The Hall–Kier alpha value is 0.270. The molecular formula is C15H30N2S. The van der Waals surface area contributed by atoms with Crippen LogP contribution in [0.3, 0.4) is 0 Å². The SMILES string of the molecule is CCNC1CCC(N2CCSC(C)(C)CC2)CC1. The molecule has 0 bridgehead atoms. The average Bonchev–Trinajstić information content (AvgIpc) is 2.52. The van der Waals surface area contributed by atoms with Gasteiger partial charge in [0.1, 0.15) is 0 Å². The van der Waals surface area contributed by atoms with Crippen LogP contribution in [0, 0.1) is 0 Å². The lowest BCUT2D eigenvalue weighted by Crippen LogP contribution is -2.43.